The number of carbonyl (C=O) groups excluding carboxylic acids is 4. The maximum Gasteiger partial charge on any atom is 0.337 e. The molecular weight excluding hydrogens is 344 g/mol. The molecule has 10 nitrogen and oxygen atoms in total. The lowest BCUT2D eigenvalue weighted by molar-refractivity contribution is -0.136. The van der Waals surface area contributed by atoms with Crippen molar-refractivity contribution in [2.75, 3.05) is 32.1 Å². The van der Waals surface area contributed by atoms with Crippen molar-refractivity contribution in [2.24, 2.45) is 11.5 Å². The molecule has 10 heteroatoms. The zero-order valence-electron chi connectivity index (χ0n) is 13.9. The van der Waals surface area contributed by atoms with Crippen LogP contribution < -0.4 is 16.8 Å². The summed E-state index contributed by atoms with van der Waals surface area (Å²) in [6.45, 7) is -0.304. The van der Waals surface area contributed by atoms with Gasteiger partial charge in [0.2, 0.25) is 11.8 Å². The molecule has 1 aliphatic rings. The van der Waals surface area contributed by atoms with Crippen molar-refractivity contribution >= 4 is 29.4 Å². The summed E-state index contributed by atoms with van der Waals surface area (Å²) in [5.41, 5.74) is 10.6. The molecule has 1 aromatic rings. The van der Waals surface area contributed by atoms with Crippen LogP contribution in [-0.2, 0) is 14.3 Å². The molecule has 0 saturated heterocycles. The number of nitrogens with one attached hydrogen (secondary N) is 1. The van der Waals surface area contributed by atoms with Crippen LogP contribution in [0, 0.1) is 0 Å². The molecule has 0 atom stereocenters. The van der Waals surface area contributed by atoms with E-state index in [0.29, 0.717) is 0 Å². The van der Waals surface area contributed by atoms with Crippen LogP contribution in [0.15, 0.2) is 29.5 Å². The van der Waals surface area contributed by atoms with Crippen LogP contribution in [0.2, 0.25) is 0 Å². The van der Waals surface area contributed by atoms with Crippen LogP contribution in [0.4, 0.5) is 5.69 Å². The number of aliphatic hydroxyl groups excluding tert-OH is 1. The Balaban J connectivity index is 2.46. The SMILES string of the molecule is COC(=O)C1=C(Nc2cc(C(N)=O)cc(C(N)=O)c2)C(=O)N(CCO)C1. The Kier molecular flexibility index (Phi) is 5.58. The van der Waals surface area contributed by atoms with Gasteiger partial charge in [-0.1, -0.05) is 0 Å². The van der Waals surface area contributed by atoms with Gasteiger partial charge in [-0.05, 0) is 18.2 Å². The number of esters is 1. The first-order valence-electron chi connectivity index (χ1n) is 7.51. The zero-order valence-corrected chi connectivity index (χ0v) is 13.9. The minimum Gasteiger partial charge on any atom is -0.466 e. The number of carbonyl (C=O) groups is 4. The maximum absolute atomic E-state index is 12.5. The second-order valence-corrected chi connectivity index (χ2v) is 5.45. The van der Waals surface area contributed by atoms with Crippen molar-refractivity contribution in [1.29, 1.82) is 0 Å². The molecular formula is C16H18N4O6. The fourth-order valence-electron chi connectivity index (χ4n) is 2.48. The molecule has 0 fully saturated rings. The summed E-state index contributed by atoms with van der Waals surface area (Å²) in [5.74, 6) is -2.84. The average molecular weight is 362 g/mol. The van der Waals surface area contributed by atoms with Gasteiger partial charge in [0.1, 0.15) is 5.70 Å². The molecule has 0 spiro atoms. The number of rotatable bonds is 7. The smallest absolute Gasteiger partial charge is 0.337 e. The lowest BCUT2D eigenvalue weighted by atomic mass is 10.1. The normalized spacial score (nSPS) is 13.8. The van der Waals surface area contributed by atoms with E-state index in [2.05, 4.69) is 10.1 Å². The summed E-state index contributed by atoms with van der Waals surface area (Å²) in [6, 6.07) is 3.86. The highest BCUT2D eigenvalue weighted by Crippen LogP contribution is 2.24. The van der Waals surface area contributed by atoms with Crippen LogP contribution in [0.5, 0.6) is 0 Å². The molecule has 3 amide bonds. The van der Waals surface area contributed by atoms with Gasteiger partial charge in [-0.2, -0.15) is 0 Å². The summed E-state index contributed by atoms with van der Waals surface area (Å²) in [5, 5.41) is 11.8. The number of primary amides is 2. The molecule has 0 saturated carbocycles. The number of ether oxygens (including phenoxy) is 1. The van der Waals surface area contributed by atoms with Crippen molar-refractivity contribution < 1.29 is 29.0 Å². The van der Waals surface area contributed by atoms with Crippen LogP contribution >= 0.6 is 0 Å². The first kappa shape index (κ1) is 18.9. The molecule has 1 aromatic carbocycles. The molecule has 26 heavy (non-hydrogen) atoms. The largest absolute Gasteiger partial charge is 0.466 e. The molecule has 0 bridgehead atoms. The fraction of sp³-hybridized carbons (Fsp3) is 0.250. The van der Waals surface area contributed by atoms with E-state index in [1.165, 1.54) is 30.2 Å². The number of benzene rings is 1. The lowest BCUT2D eigenvalue weighted by Gasteiger charge is -2.15. The van der Waals surface area contributed by atoms with E-state index in [1.54, 1.807) is 0 Å². The summed E-state index contributed by atoms with van der Waals surface area (Å²) in [6.07, 6.45) is 0. The van der Waals surface area contributed by atoms with Gasteiger partial charge in [0.15, 0.2) is 0 Å². The maximum atomic E-state index is 12.5. The number of β-amino-alcohol motifs (C(OH)–C–C–N with tert-alkyl or cyclic N) is 1. The molecule has 1 heterocycles. The quantitative estimate of drug-likeness (QED) is 0.431. The van der Waals surface area contributed by atoms with Crippen LogP contribution in [0.25, 0.3) is 0 Å². The molecule has 2 rings (SSSR count). The average Bonchev–Trinajstić information content (AvgIpc) is 2.90. The molecule has 1 aliphatic heterocycles. The van der Waals surface area contributed by atoms with Crippen molar-refractivity contribution in [3.05, 3.63) is 40.6 Å². The Labute approximate surface area is 148 Å². The summed E-state index contributed by atoms with van der Waals surface area (Å²) in [4.78, 5) is 48.6. The van der Waals surface area contributed by atoms with Crippen LogP contribution in [-0.4, -0.2) is 60.5 Å². The van der Waals surface area contributed by atoms with Gasteiger partial charge in [0.05, 0.1) is 25.8 Å². The fourth-order valence-corrected chi connectivity index (χ4v) is 2.48. The highest BCUT2D eigenvalue weighted by Gasteiger charge is 2.34. The van der Waals surface area contributed by atoms with Gasteiger partial charge in [-0.15, -0.1) is 0 Å². The summed E-state index contributed by atoms with van der Waals surface area (Å²) >= 11 is 0. The monoisotopic (exact) mass is 362 g/mol. The Morgan fingerprint density at radius 2 is 1.77 bits per heavy atom. The van der Waals surface area contributed by atoms with Crippen molar-refractivity contribution in [1.82, 2.24) is 4.90 Å². The predicted octanol–water partition coefficient (Wildman–Crippen LogP) is -1.44. The molecule has 0 radical (unpaired) electrons. The zero-order chi connectivity index (χ0) is 19.4. The van der Waals surface area contributed by atoms with Gasteiger partial charge in [-0.3, -0.25) is 14.4 Å². The second kappa shape index (κ2) is 7.66. The highest BCUT2D eigenvalue weighted by atomic mass is 16.5. The number of hydrogen-bond acceptors (Lipinski definition) is 7. The lowest BCUT2D eigenvalue weighted by Crippen LogP contribution is -2.31. The molecule has 0 aliphatic carbocycles. The van der Waals surface area contributed by atoms with E-state index in [0.717, 1.165) is 0 Å². The third kappa shape index (κ3) is 3.81. The number of amides is 3. The van der Waals surface area contributed by atoms with E-state index in [1.807, 2.05) is 0 Å². The van der Waals surface area contributed by atoms with Crippen LogP contribution in [0.3, 0.4) is 0 Å². The van der Waals surface area contributed by atoms with E-state index in [4.69, 9.17) is 16.6 Å². The van der Waals surface area contributed by atoms with E-state index < -0.39 is 23.7 Å². The minimum absolute atomic E-state index is 0.00155. The predicted molar refractivity (Wildman–Crippen MR) is 89.8 cm³/mol. The topological polar surface area (TPSA) is 165 Å². The van der Waals surface area contributed by atoms with Gasteiger partial charge in [0, 0.05) is 23.4 Å². The van der Waals surface area contributed by atoms with Crippen molar-refractivity contribution in [2.45, 2.75) is 0 Å². The summed E-state index contributed by atoms with van der Waals surface area (Å²) in [7, 11) is 1.17. The van der Waals surface area contributed by atoms with E-state index >= 15 is 0 Å². The molecule has 0 aromatic heterocycles. The molecule has 138 valence electrons. The van der Waals surface area contributed by atoms with Crippen molar-refractivity contribution in [3.63, 3.8) is 0 Å². The van der Waals surface area contributed by atoms with Gasteiger partial charge < -0.3 is 31.5 Å². The standard InChI is InChI=1S/C16H18N4O6/c1-26-16(25)11-7-20(2-3-21)15(24)12(11)19-10-5-8(13(17)22)4-9(6-10)14(18)23/h4-6,19,21H,2-3,7H2,1H3,(H2,17,22)(H2,18,23). The highest BCUT2D eigenvalue weighted by molar-refractivity contribution is 6.09. The Morgan fingerprint density at radius 1 is 1.19 bits per heavy atom. The number of aliphatic hydroxyl groups is 1. The first-order valence-corrected chi connectivity index (χ1v) is 7.51. The number of anilines is 1. The van der Waals surface area contributed by atoms with E-state index in [-0.39, 0.29) is 47.8 Å². The third-order valence-corrected chi connectivity index (χ3v) is 3.72. The number of nitrogens with two attached hydrogens (primary N) is 2. The summed E-state index contributed by atoms with van der Waals surface area (Å²) < 4.78 is 4.67. The van der Waals surface area contributed by atoms with Gasteiger partial charge >= 0.3 is 5.97 Å². The molecule has 6 N–H and O–H groups in total. The van der Waals surface area contributed by atoms with E-state index in [9.17, 15) is 19.2 Å². The number of methoxy groups -OCH3 is 1. The minimum atomic E-state index is -0.794. The van der Waals surface area contributed by atoms with Gasteiger partial charge in [0.25, 0.3) is 5.91 Å². The number of hydrogen-bond donors (Lipinski definition) is 4. The molecule has 0 unspecified atom stereocenters. The van der Waals surface area contributed by atoms with Crippen molar-refractivity contribution in [3.8, 4) is 0 Å². The Bertz CT molecular complexity index is 785. The van der Waals surface area contributed by atoms with Gasteiger partial charge in [-0.25, -0.2) is 4.79 Å². The third-order valence-electron chi connectivity index (χ3n) is 3.72. The Morgan fingerprint density at radius 3 is 2.23 bits per heavy atom. The Hall–Kier alpha value is -3.40. The second-order valence-electron chi connectivity index (χ2n) is 5.45. The first-order chi connectivity index (χ1) is 12.3. The van der Waals surface area contributed by atoms with Crippen LogP contribution in [0.1, 0.15) is 20.7 Å². The number of nitrogens with zero attached hydrogens (tertiary/aromatic N) is 1.